The monoisotopic (exact) mass is 595 g/mol. The molecule has 0 aromatic rings. The number of methoxy groups -OCH3 is 2. The molecular formula is C33H62BNO7. The summed E-state index contributed by atoms with van der Waals surface area (Å²) in [6.07, 6.45) is 24.6. The Labute approximate surface area is 258 Å². The summed E-state index contributed by atoms with van der Waals surface area (Å²) in [5.74, 6) is -0.548. The molecule has 0 spiro atoms. The highest BCUT2D eigenvalue weighted by Crippen LogP contribution is 2.25. The van der Waals surface area contributed by atoms with Crippen LogP contribution in [0.5, 0.6) is 0 Å². The Morgan fingerprint density at radius 2 is 1.14 bits per heavy atom. The lowest BCUT2D eigenvalue weighted by Crippen LogP contribution is -2.39. The van der Waals surface area contributed by atoms with Crippen molar-refractivity contribution in [2.24, 2.45) is 0 Å². The zero-order chi connectivity index (χ0) is 30.7. The van der Waals surface area contributed by atoms with Gasteiger partial charge in [-0.25, -0.2) is 0 Å². The van der Waals surface area contributed by atoms with Crippen molar-refractivity contribution in [2.75, 3.05) is 34.0 Å². The molecule has 0 bridgehead atoms. The lowest BCUT2D eigenvalue weighted by Gasteiger charge is -2.22. The SMILES string of the molecule is [B]C1OC(COC)C(OC)C1OCCCNC(=O)CCCCCCCCCCCCCCCCCCCCCC(=O)O. The highest BCUT2D eigenvalue weighted by molar-refractivity contribution is 6.11. The summed E-state index contributed by atoms with van der Waals surface area (Å²) in [4.78, 5) is 22.6. The largest absolute Gasteiger partial charge is 0.481 e. The van der Waals surface area contributed by atoms with Crippen LogP contribution in [-0.4, -0.2) is 83.1 Å². The molecule has 9 heteroatoms. The number of aliphatic carboxylic acids is 1. The van der Waals surface area contributed by atoms with Crippen molar-refractivity contribution in [1.82, 2.24) is 5.32 Å². The number of carboxylic acids is 1. The van der Waals surface area contributed by atoms with Gasteiger partial charge in [0.25, 0.3) is 0 Å². The van der Waals surface area contributed by atoms with Crippen LogP contribution in [0.4, 0.5) is 0 Å². The van der Waals surface area contributed by atoms with Crippen molar-refractivity contribution in [2.45, 2.75) is 166 Å². The minimum absolute atomic E-state index is 0.121. The fraction of sp³-hybridized carbons (Fsp3) is 0.939. The third-order valence-corrected chi connectivity index (χ3v) is 8.20. The Hall–Kier alpha value is -1.16. The van der Waals surface area contributed by atoms with Crippen molar-refractivity contribution >= 4 is 19.7 Å². The minimum Gasteiger partial charge on any atom is -0.481 e. The standard InChI is InChI=1S/C33H62BNO7/c1-39-27-28-31(40-2)32(33(34)42-28)41-26-22-25-35-29(36)23-20-18-16-14-12-10-8-6-4-3-5-7-9-11-13-15-17-19-21-24-30(37)38/h28,31-33H,3-27H2,1-2H3,(H,35,36)(H,37,38). The smallest absolute Gasteiger partial charge is 0.303 e. The van der Waals surface area contributed by atoms with Gasteiger partial charge < -0.3 is 29.4 Å². The van der Waals surface area contributed by atoms with E-state index in [4.69, 9.17) is 31.9 Å². The van der Waals surface area contributed by atoms with Crippen LogP contribution in [0.15, 0.2) is 0 Å². The molecule has 0 saturated carbocycles. The predicted octanol–water partition coefficient (Wildman–Crippen LogP) is 6.71. The van der Waals surface area contributed by atoms with E-state index >= 15 is 0 Å². The molecule has 2 radical (unpaired) electrons. The average Bonchev–Trinajstić information content (AvgIpc) is 3.27. The molecule has 0 aromatic heterocycles. The number of nitrogens with one attached hydrogen (secondary N) is 1. The van der Waals surface area contributed by atoms with Crippen LogP contribution in [0, 0.1) is 0 Å². The molecule has 0 aromatic carbocycles. The minimum atomic E-state index is -0.669. The second-order valence-electron chi connectivity index (χ2n) is 11.9. The number of hydrogen-bond acceptors (Lipinski definition) is 6. The lowest BCUT2D eigenvalue weighted by atomic mass is 9.93. The molecule has 1 saturated heterocycles. The van der Waals surface area contributed by atoms with Crippen molar-refractivity contribution in [3.63, 3.8) is 0 Å². The first kappa shape index (κ1) is 38.9. The van der Waals surface area contributed by atoms with E-state index in [-0.39, 0.29) is 24.2 Å². The molecule has 2 N–H and O–H groups in total. The molecule has 1 fully saturated rings. The Kier molecular flexibility index (Phi) is 25.4. The van der Waals surface area contributed by atoms with Gasteiger partial charge in [0.05, 0.1) is 6.61 Å². The molecule has 0 aliphatic carbocycles. The van der Waals surface area contributed by atoms with Gasteiger partial charge in [-0.15, -0.1) is 0 Å². The van der Waals surface area contributed by atoms with Crippen molar-refractivity contribution in [1.29, 1.82) is 0 Å². The number of carboxylic acid groups (broad SMARTS) is 1. The van der Waals surface area contributed by atoms with Crippen LogP contribution in [-0.2, 0) is 28.5 Å². The van der Waals surface area contributed by atoms with Gasteiger partial charge in [-0.1, -0.05) is 109 Å². The molecule has 1 aliphatic rings. The first-order valence-electron chi connectivity index (χ1n) is 17.0. The Bertz CT molecular complexity index is 654. The number of hydrogen-bond donors (Lipinski definition) is 2. The van der Waals surface area contributed by atoms with Crippen LogP contribution >= 0.6 is 0 Å². The van der Waals surface area contributed by atoms with Gasteiger partial charge in [0, 0.05) is 46.2 Å². The number of unbranched alkanes of at least 4 members (excludes halogenated alkanes) is 18. The molecule has 4 unspecified atom stereocenters. The maximum atomic E-state index is 12.1. The summed E-state index contributed by atoms with van der Waals surface area (Å²) < 4.78 is 22.2. The van der Waals surface area contributed by atoms with E-state index in [1.165, 1.54) is 96.3 Å². The normalized spacial score (nSPS) is 20.2. The summed E-state index contributed by atoms with van der Waals surface area (Å²) in [5.41, 5.74) is 0. The first-order valence-corrected chi connectivity index (χ1v) is 17.0. The van der Waals surface area contributed by atoms with Crippen LogP contribution in [0.3, 0.4) is 0 Å². The Balaban J connectivity index is 1.79. The molecule has 4 atom stereocenters. The summed E-state index contributed by atoms with van der Waals surface area (Å²) in [6, 6.07) is -0.539. The fourth-order valence-corrected chi connectivity index (χ4v) is 5.70. The van der Waals surface area contributed by atoms with Crippen LogP contribution in [0.2, 0.25) is 0 Å². The van der Waals surface area contributed by atoms with Gasteiger partial charge in [0.1, 0.15) is 26.2 Å². The third-order valence-electron chi connectivity index (χ3n) is 8.20. The Morgan fingerprint density at radius 3 is 1.57 bits per heavy atom. The molecule has 1 heterocycles. The number of carbonyl (C=O) groups excluding carboxylic acids is 1. The fourth-order valence-electron chi connectivity index (χ4n) is 5.70. The van der Waals surface area contributed by atoms with Crippen molar-refractivity contribution < 1.29 is 33.6 Å². The average molecular weight is 596 g/mol. The van der Waals surface area contributed by atoms with E-state index in [0.29, 0.717) is 32.6 Å². The molecule has 1 amide bonds. The van der Waals surface area contributed by atoms with E-state index in [2.05, 4.69) is 5.32 Å². The van der Waals surface area contributed by atoms with Gasteiger partial charge in [-0.2, -0.15) is 0 Å². The van der Waals surface area contributed by atoms with Gasteiger partial charge in [-0.05, 0) is 19.3 Å². The molecule has 1 rings (SSSR count). The van der Waals surface area contributed by atoms with Crippen molar-refractivity contribution in [3.05, 3.63) is 0 Å². The summed E-state index contributed by atoms with van der Waals surface area (Å²) >= 11 is 0. The zero-order valence-electron chi connectivity index (χ0n) is 27.0. The van der Waals surface area contributed by atoms with E-state index < -0.39 is 12.0 Å². The number of rotatable bonds is 30. The van der Waals surface area contributed by atoms with Crippen LogP contribution in [0.1, 0.15) is 141 Å². The molecular weight excluding hydrogens is 533 g/mol. The number of amides is 1. The van der Waals surface area contributed by atoms with E-state index in [0.717, 1.165) is 32.1 Å². The highest BCUT2D eigenvalue weighted by atomic mass is 16.6. The number of ether oxygens (including phenoxy) is 4. The topological polar surface area (TPSA) is 103 Å². The van der Waals surface area contributed by atoms with Gasteiger partial charge in [0.15, 0.2) is 0 Å². The lowest BCUT2D eigenvalue weighted by molar-refractivity contribution is -0.137. The second kappa shape index (κ2) is 27.4. The van der Waals surface area contributed by atoms with E-state index in [9.17, 15) is 9.59 Å². The summed E-state index contributed by atoms with van der Waals surface area (Å²) in [7, 11) is 9.28. The molecule has 1 aliphatic heterocycles. The highest BCUT2D eigenvalue weighted by Gasteiger charge is 2.42. The summed E-state index contributed by atoms with van der Waals surface area (Å²) in [6.45, 7) is 1.49. The zero-order valence-corrected chi connectivity index (χ0v) is 27.0. The number of carbonyl (C=O) groups is 2. The maximum absolute atomic E-state index is 12.1. The van der Waals surface area contributed by atoms with E-state index in [1.54, 1.807) is 14.2 Å². The second-order valence-corrected chi connectivity index (χ2v) is 11.9. The van der Waals surface area contributed by atoms with Crippen LogP contribution < -0.4 is 5.32 Å². The third kappa shape index (κ3) is 20.7. The Morgan fingerprint density at radius 1 is 0.690 bits per heavy atom. The quantitative estimate of drug-likeness (QED) is 0.0703. The van der Waals surface area contributed by atoms with Crippen LogP contribution in [0.25, 0.3) is 0 Å². The molecule has 244 valence electrons. The van der Waals surface area contributed by atoms with Gasteiger partial charge in [-0.3, -0.25) is 9.59 Å². The maximum Gasteiger partial charge on any atom is 0.303 e. The van der Waals surface area contributed by atoms with Crippen molar-refractivity contribution in [3.8, 4) is 0 Å². The molecule has 8 nitrogen and oxygen atoms in total. The van der Waals surface area contributed by atoms with E-state index in [1.807, 2.05) is 0 Å². The predicted molar refractivity (Wildman–Crippen MR) is 169 cm³/mol. The summed E-state index contributed by atoms with van der Waals surface area (Å²) in [5, 5.41) is 11.6. The van der Waals surface area contributed by atoms with Gasteiger partial charge >= 0.3 is 5.97 Å². The first-order chi connectivity index (χ1) is 20.5. The van der Waals surface area contributed by atoms with Gasteiger partial charge in [0.2, 0.25) is 5.91 Å². The molecule has 42 heavy (non-hydrogen) atoms.